The summed E-state index contributed by atoms with van der Waals surface area (Å²) in [5.74, 6) is 1.25. The number of halogens is 1. The number of amides is 1. The van der Waals surface area contributed by atoms with Crippen molar-refractivity contribution in [3.05, 3.63) is 33.8 Å². The van der Waals surface area contributed by atoms with Gasteiger partial charge in [-0.2, -0.15) is 0 Å². The van der Waals surface area contributed by atoms with Crippen LogP contribution in [0.4, 0.5) is 0 Å². The van der Waals surface area contributed by atoms with Crippen LogP contribution in [0.5, 0.6) is 0 Å². The molecule has 1 saturated carbocycles. The van der Waals surface area contributed by atoms with Crippen molar-refractivity contribution in [2.75, 3.05) is 19.6 Å². The van der Waals surface area contributed by atoms with Gasteiger partial charge in [0.05, 0.1) is 0 Å². The van der Waals surface area contributed by atoms with E-state index < -0.39 is 0 Å². The van der Waals surface area contributed by atoms with Gasteiger partial charge in [-0.3, -0.25) is 4.79 Å². The minimum atomic E-state index is 0.311. The van der Waals surface area contributed by atoms with E-state index in [0.29, 0.717) is 18.4 Å². The van der Waals surface area contributed by atoms with E-state index >= 15 is 0 Å². The van der Waals surface area contributed by atoms with Crippen LogP contribution < -0.4 is 5.32 Å². The van der Waals surface area contributed by atoms with Crippen molar-refractivity contribution in [2.45, 2.75) is 51.5 Å². The third kappa shape index (κ3) is 5.05. The maximum absolute atomic E-state index is 12.4. The van der Waals surface area contributed by atoms with E-state index in [1.165, 1.54) is 30.5 Å². The lowest BCUT2D eigenvalue weighted by molar-refractivity contribution is -0.132. The highest BCUT2D eigenvalue weighted by Crippen LogP contribution is 2.28. The van der Waals surface area contributed by atoms with Crippen molar-refractivity contribution >= 4 is 21.8 Å². The van der Waals surface area contributed by atoms with Gasteiger partial charge >= 0.3 is 0 Å². The van der Waals surface area contributed by atoms with Gasteiger partial charge in [-0.15, -0.1) is 0 Å². The van der Waals surface area contributed by atoms with Crippen LogP contribution in [0, 0.1) is 12.8 Å². The van der Waals surface area contributed by atoms with Crippen molar-refractivity contribution in [1.29, 1.82) is 0 Å². The quantitative estimate of drug-likeness (QED) is 0.818. The van der Waals surface area contributed by atoms with Gasteiger partial charge in [-0.05, 0) is 68.7 Å². The Kier molecular flexibility index (Phi) is 5.76. The molecule has 23 heavy (non-hydrogen) atoms. The van der Waals surface area contributed by atoms with Gasteiger partial charge in [0.25, 0.3) is 0 Å². The number of likely N-dealkylation sites (tertiary alicyclic amines) is 1. The molecule has 2 aliphatic rings. The standard InChI is InChI=1S/C19H27BrN2O/c1-14-12-15(4-6-18(14)20)5-7-19(23)22-10-8-17(9-11-22)21-13-16-2-3-16/h4,6,12,16-17,21H,2-3,5,7-11,13H2,1H3. The molecule has 126 valence electrons. The Morgan fingerprint density at radius 3 is 2.65 bits per heavy atom. The average Bonchev–Trinajstić information content (AvgIpc) is 3.38. The van der Waals surface area contributed by atoms with Crippen molar-refractivity contribution in [3.8, 4) is 0 Å². The molecule has 1 aliphatic carbocycles. The fraction of sp³-hybridized carbons (Fsp3) is 0.632. The molecular weight excluding hydrogens is 352 g/mol. The summed E-state index contributed by atoms with van der Waals surface area (Å²) in [6.45, 7) is 5.11. The van der Waals surface area contributed by atoms with Crippen molar-refractivity contribution < 1.29 is 4.79 Å². The molecule has 1 saturated heterocycles. The van der Waals surface area contributed by atoms with Gasteiger partial charge in [0.15, 0.2) is 0 Å². The van der Waals surface area contributed by atoms with Gasteiger partial charge in [-0.1, -0.05) is 28.1 Å². The van der Waals surface area contributed by atoms with Crippen molar-refractivity contribution in [2.24, 2.45) is 5.92 Å². The van der Waals surface area contributed by atoms with E-state index in [1.807, 2.05) is 0 Å². The van der Waals surface area contributed by atoms with Crippen LogP contribution in [0.2, 0.25) is 0 Å². The highest BCUT2D eigenvalue weighted by molar-refractivity contribution is 9.10. The Labute approximate surface area is 148 Å². The Bertz CT molecular complexity index is 548. The van der Waals surface area contributed by atoms with E-state index in [9.17, 15) is 4.79 Å². The van der Waals surface area contributed by atoms with Crippen LogP contribution in [0.25, 0.3) is 0 Å². The second kappa shape index (κ2) is 7.80. The Morgan fingerprint density at radius 2 is 2.00 bits per heavy atom. The molecule has 1 aromatic rings. The molecule has 0 spiro atoms. The number of nitrogens with zero attached hydrogens (tertiary/aromatic N) is 1. The van der Waals surface area contributed by atoms with E-state index in [4.69, 9.17) is 0 Å². The molecule has 0 aromatic heterocycles. The first kappa shape index (κ1) is 17.0. The first-order valence-electron chi connectivity index (χ1n) is 8.88. The molecule has 0 bridgehead atoms. The highest BCUT2D eigenvalue weighted by atomic mass is 79.9. The molecule has 3 rings (SSSR count). The van der Waals surface area contributed by atoms with E-state index in [-0.39, 0.29) is 0 Å². The van der Waals surface area contributed by atoms with Gasteiger partial charge in [0.2, 0.25) is 5.91 Å². The second-order valence-electron chi connectivity index (χ2n) is 7.09. The summed E-state index contributed by atoms with van der Waals surface area (Å²) in [6, 6.07) is 6.98. The molecule has 0 radical (unpaired) electrons. The number of hydrogen-bond acceptors (Lipinski definition) is 2. The van der Waals surface area contributed by atoms with Gasteiger partial charge in [-0.25, -0.2) is 0 Å². The summed E-state index contributed by atoms with van der Waals surface area (Å²) in [4.78, 5) is 14.5. The average molecular weight is 379 g/mol. The second-order valence-corrected chi connectivity index (χ2v) is 7.94. The van der Waals surface area contributed by atoms with Gasteiger partial charge < -0.3 is 10.2 Å². The lowest BCUT2D eigenvalue weighted by Crippen LogP contribution is -2.45. The largest absolute Gasteiger partial charge is 0.343 e. The van der Waals surface area contributed by atoms with E-state index in [1.54, 1.807) is 0 Å². The monoisotopic (exact) mass is 378 g/mol. The molecule has 0 unspecified atom stereocenters. The smallest absolute Gasteiger partial charge is 0.222 e. The van der Waals surface area contributed by atoms with E-state index in [0.717, 1.165) is 42.7 Å². The van der Waals surface area contributed by atoms with Crippen LogP contribution in [0.1, 0.15) is 43.2 Å². The number of hydrogen-bond donors (Lipinski definition) is 1. The first-order chi connectivity index (χ1) is 11.1. The number of piperidine rings is 1. The maximum atomic E-state index is 12.4. The lowest BCUT2D eigenvalue weighted by atomic mass is 10.0. The van der Waals surface area contributed by atoms with Gasteiger partial charge in [0.1, 0.15) is 0 Å². The Morgan fingerprint density at radius 1 is 1.26 bits per heavy atom. The number of rotatable bonds is 6. The maximum Gasteiger partial charge on any atom is 0.222 e. The molecule has 2 fully saturated rings. The summed E-state index contributed by atoms with van der Waals surface area (Å²) in [5, 5.41) is 3.67. The molecule has 3 nitrogen and oxygen atoms in total. The summed E-state index contributed by atoms with van der Waals surface area (Å²) in [6.07, 6.45) is 6.49. The Hall–Kier alpha value is -0.870. The zero-order valence-electron chi connectivity index (χ0n) is 14.0. The predicted octanol–water partition coefficient (Wildman–Crippen LogP) is 3.68. The number of aryl methyl sites for hydroxylation is 2. The molecule has 4 heteroatoms. The minimum absolute atomic E-state index is 0.311. The van der Waals surface area contributed by atoms with Crippen LogP contribution in [-0.2, 0) is 11.2 Å². The number of carbonyl (C=O) groups is 1. The summed E-state index contributed by atoms with van der Waals surface area (Å²) in [7, 11) is 0. The molecule has 1 aromatic carbocycles. The summed E-state index contributed by atoms with van der Waals surface area (Å²) < 4.78 is 1.13. The van der Waals surface area contributed by atoms with Crippen LogP contribution in [0.15, 0.2) is 22.7 Å². The number of benzene rings is 1. The highest BCUT2D eigenvalue weighted by Gasteiger charge is 2.25. The molecule has 1 N–H and O–H groups in total. The van der Waals surface area contributed by atoms with Crippen molar-refractivity contribution in [1.82, 2.24) is 10.2 Å². The third-order valence-electron chi connectivity index (χ3n) is 5.09. The fourth-order valence-corrected chi connectivity index (χ4v) is 3.51. The number of nitrogens with one attached hydrogen (secondary N) is 1. The summed E-state index contributed by atoms with van der Waals surface area (Å²) >= 11 is 3.52. The normalized spacial score (nSPS) is 19.1. The zero-order valence-corrected chi connectivity index (χ0v) is 15.6. The fourth-order valence-electron chi connectivity index (χ4n) is 3.26. The zero-order chi connectivity index (χ0) is 16.2. The molecule has 1 heterocycles. The molecule has 0 atom stereocenters. The first-order valence-corrected chi connectivity index (χ1v) is 9.67. The molecule has 1 amide bonds. The number of carbonyl (C=O) groups excluding carboxylic acids is 1. The minimum Gasteiger partial charge on any atom is -0.343 e. The van der Waals surface area contributed by atoms with Crippen LogP contribution >= 0.6 is 15.9 Å². The lowest BCUT2D eigenvalue weighted by Gasteiger charge is -2.32. The summed E-state index contributed by atoms with van der Waals surface area (Å²) in [5.41, 5.74) is 2.48. The SMILES string of the molecule is Cc1cc(CCC(=O)N2CCC(NCC3CC3)CC2)ccc1Br. The molecular formula is C19H27BrN2O. The van der Waals surface area contributed by atoms with Gasteiger partial charge in [0, 0.05) is 30.0 Å². The van der Waals surface area contributed by atoms with Crippen LogP contribution in [0.3, 0.4) is 0 Å². The van der Waals surface area contributed by atoms with Crippen molar-refractivity contribution in [3.63, 3.8) is 0 Å². The third-order valence-corrected chi connectivity index (χ3v) is 5.98. The topological polar surface area (TPSA) is 32.3 Å². The molecule has 1 aliphatic heterocycles. The van der Waals surface area contributed by atoms with E-state index in [2.05, 4.69) is 51.3 Å². The van der Waals surface area contributed by atoms with Crippen LogP contribution in [-0.4, -0.2) is 36.5 Å². The Balaban J connectivity index is 1.39. The predicted molar refractivity (Wildman–Crippen MR) is 97.5 cm³/mol.